The number of aromatic nitrogens is 1. The molecular weight excluding hydrogens is 455 g/mol. The minimum Gasteiger partial charge on any atom is -0.356 e. The summed E-state index contributed by atoms with van der Waals surface area (Å²) in [5.74, 6) is 1.71. The number of anilines is 1. The quantitative estimate of drug-likeness (QED) is 0.235. The van der Waals surface area contributed by atoms with Gasteiger partial charge in [-0.3, -0.25) is 4.99 Å². The normalized spacial score (nSPS) is 16.2. The van der Waals surface area contributed by atoms with Crippen molar-refractivity contribution < 1.29 is 8.42 Å². The van der Waals surface area contributed by atoms with Crippen LogP contribution in [0.2, 0.25) is 0 Å². The summed E-state index contributed by atoms with van der Waals surface area (Å²) in [4.78, 5) is 10.9. The molecule has 0 aliphatic carbocycles. The highest BCUT2D eigenvalue weighted by molar-refractivity contribution is 14.0. The van der Waals surface area contributed by atoms with E-state index in [9.17, 15) is 8.42 Å². The second kappa shape index (κ2) is 10.8. The summed E-state index contributed by atoms with van der Waals surface area (Å²) in [5, 5.41) is 6.51. The zero-order valence-electron chi connectivity index (χ0n) is 14.6. The Morgan fingerprint density at radius 2 is 2.04 bits per heavy atom. The Labute approximate surface area is 167 Å². The van der Waals surface area contributed by atoms with Gasteiger partial charge >= 0.3 is 0 Å². The number of rotatable bonds is 6. The van der Waals surface area contributed by atoms with Gasteiger partial charge in [-0.1, -0.05) is 6.07 Å². The molecule has 0 bridgehead atoms. The molecule has 0 aromatic carbocycles. The van der Waals surface area contributed by atoms with Crippen LogP contribution < -0.4 is 20.3 Å². The molecule has 25 heavy (non-hydrogen) atoms. The van der Waals surface area contributed by atoms with Crippen LogP contribution in [0.4, 0.5) is 5.82 Å². The molecule has 1 aliphatic rings. The van der Waals surface area contributed by atoms with E-state index >= 15 is 0 Å². The maximum absolute atomic E-state index is 11.0. The molecule has 1 fully saturated rings. The van der Waals surface area contributed by atoms with E-state index < -0.39 is 10.0 Å². The van der Waals surface area contributed by atoms with Gasteiger partial charge in [-0.2, -0.15) is 0 Å². The molecular formula is C15H27IN6O2S. The number of sulfonamides is 1. The average molecular weight is 482 g/mol. The van der Waals surface area contributed by atoms with Crippen LogP contribution in [0.1, 0.15) is 12.8 Å². The van der Waals surface area contributed by atoms with Gasteiger partial charge in [0.25, 0.3) is 0 Å². The van der Waals surface area contributed by atoms with Crippen LogP contribution >= 0.6 is 24.0 Å². The van der Waals surface area contributed by atoms with Gasteiger partial charge in [0.05, 0.1) is 6.26 Å². The summed E-state index contributed by atoms with van der Waals surface area (Å²) in [5.41, 5.74) is 0. The summed E-state index contributed by atoms with van der Waals surface area (Å²) in [6.07, 6.45) is 4.96. The van der Waals surface area contributed by atoms with Crippen molar-refractivity contribution >= 4 is 45.8 Å². The Balaban J connectivity index is 0.00000312. The summed E-state index contributed by atoms with van der Waals surface area (Å²) in [6, 6.07) is 6.30. The van der Waals surface area contributed by atoms with Gasteiger partial charge in [0, 0.05) is 45.5 Å². The fraction of sp³-hybridized carbons (Fsp3) is 0.600. The van der Waals surface area contributed by atoms with Crippen molar-refractivity contribution in [2.45, 2.75) is 18.9 Å². The highest BCUT2D eigenvalue weighted by Crippen LogP contribution is 2.17. The van der Waals surface area contributed by atoms with E-state index in [4.69, 9.17) is 0 Å². The highest BCUT2D eigenvalue weighted by atomic mass is 127. The topological polar surface area (TPSA) is 98.7 Å². The zero-order chi connectivity index (χ0) is 17.4. The molecule has 1 saturated heterocycles. The lowest BCUT2D eigenvalue weighted by atomic mass is 10.1. The minimum absolute atomic E-state index is 0. The Morgan fingerprint density at radius 1 is 1.32 bits per heavy atom. The van der Waals surface area contributed by atoms with E-state index in [2.05, 4.69) is 30.2 Å². The Bertz CT molecular complexity index is 633. The molecule has 2 heterocycles. The number of halogens is 1. The second-order valence-electron chi connectivity index (χ2n) is 5.76. The van der Waals surface area contributed by atoms with Crippen molar-refractivity contribution in [1.29, 1.82) is 0 Å². The molecule has 8 nitrogen and oxygen atoms in total. The van der Waals surface area contributed by atoms with Crippen LogP contribution in [0.5, 0.6) is 0 Å². The van der Waals surface area contributed by atoms with Crippen LogP contribution in [0.25, 0.3) is 0 Å². The molecule has 0 amide bonds. The SMILES string of the molecule is CN=C(NCCNS(C)(=O)=O)NC1CCN(c2ccccn2)CC1.I. The van der Waals surface area contributed by atoms with E-state index in [-0.39, 0.29) is 24.0 Å². The first kappa shape index (κ1) is 21.9. The van der Waals surface area contributed by atoms with Crippen molar-refractivity contribution in [1.82, 2.24) is 20.3 Å². The molecule has 0 saturated carbocycles. The fourth-order valence-electron chi connectivity index (χ4n) is 2.60. The van der Waals surface area contributed by atoms with Crippen LogP contribution in [0, 0.1) is 0 Å². The molecule has 2 rings (SSSR count). The van der Waals surface area contributed by atoms with Gasteiger partial charge in [0.15, 0.2) is 5.96 Å². The monoisotopic (exact) mass is 482 g/mol. The zero-order valence-corrected chi connectivity index (χ0v) is 17.8. The van der Waals surface area contributed by atoms with Gasteiger partial charge < -0.3 is 15.5 Å². The van der Waals surface area contributed by atoms with Gasteiger partial charge in [-0.15, -0.1) is 24.0 Å². The van der Waals surface area contributed by atoms with Crippen molar-refractivity contribution in [3.8, 4) is 0 Å². The minimum atomic E-state index is -3.15. The van der Waals surface area contributed by atoms with Gasteiger partial charge in [0.1, 0.15) is 5.82 Å². The van der Waals surface area contributed by atoms with Crippen LogP contribution in [0.3, 0.4) is 0 Å². The largest absolute Gasteiger partial charge is 0.356 e. The number of hydrogen-bond acceptors (Lipinski definition) is 5. The molecule has 1 aliphatic heterocycles. The lowest BCUT2D eigenvalue weighted by Crippen LogP contribution is -2.49. The first-order valence-electron chi connectivity index (χ1n) is 8.06. The number of nitrogens with one attached hydrogen (secondary N) is 3. The molecule has 142 valence electrons. The molecule has 0 radical (unpaired) electrons. The summed E-state index contributed by atoms with van der Waals surface area (Å²) >= 11 is 0. The maximum atomic E-state index is 11.0. The molecule has 1 aromatic heterocycles. The third kappa shape index (κ3) is 8.19. The Morgan fingerprint density at radius 3 is 2.60 bits per heavy atom. The van der Waals surface area contributed by atoms with Crippen molar-refractivity contribution in [2.24, 2.45) is 4.99 Å². The second-order valence-corrected chi connectivity index (χ2v) is 7.59. The van der Waals surface area contributed by atoms with Crippen molar-refractivity contribution in [2.75, 3.05) is 44.4 Å². The number of pyridine rings is 1. The fourth-order valence-corrected chi connectivity index (χ4v) is 3.07. The third-order valence-electron chi connectivity index (χ3n) is 3.81. The molecule has 1 aromatic rings. The van der Waals surface area contributed by atoms with E-state index in [1.807, 2.05) is 24.4 Å². The van der Waals surface area contributed by atoms with Crippen LogP contribution in [0.15, 0.2) is 29.4 Å². The smallest absolute Gasteiger partial charge is 0.208 e. The lowest BCUT2D eigenvalue weighted by Gasteiger charge is -2.33. The maximum Gasteiger partial charge on any atom is 0.208 e. The first-order valence-corrected chi connectivity index (χ1v) is 9.95. The van der Waals surface area contributed by atoms with Gasteiger partial charge in [-0.05, 0) is 25.0 Å². The van der Waals surface area contributed by atoms with Crippen LogP contribution in [-0.2, 0) is 10.0 Å². The van der Waals surface area contributed by atoms with E-state index in [1.165, 1.54) is 0 Å². The lowest BCUT2D eigenvalue weighted by molar-refractivity contribution is 0.459. The molecule has 0 unspecified atom stereocenters. The molecule has 0 spiro atoms. The first-order chi connectivity index (χ1) is 11.5. The van der Waals surface area contributed by atoms with Gasteiger partial charge in [-0.25, -0.2) is 18.1 Å². The standard InChI is InChI=1S/C15H26N6O2S.HI/c1-16-15(18-9-10-19-24(2,22)23)20-13-6-11-21(12-7-13)14-5-3-4-8-17-14;/h3-5,8,13,19H,6-7,9-12H2,1-2H3,(H2,16,18,20);1H. The summed E-state index contributed by atoms with van der Waals surface area (Å²) in [7, 11) is -1.44. The number of guanidine groups is 1. The van der Waals surface area contributed by atoms with E-state index in [1.54, 1.807) is 7.05 Å². The van der Waals surface area contributed by atoms with Crippen molar-refractivity contribution in [3.63, 3.8) is 0 Å². The van der Waals surface area contributed by atoms with E-state index in [0.29, 0.717) is 25.1 Å². The van der Waals surface area contributed by atoms with Gasteiger partial charge in [0.2, 0.25) is 10.0 Å². The summed E-state index contributed by atoms with van der Waals surface area (Å²) in [6.45, 7) is 2.71. The van der Waals surface area contributed by atoms with Crippen molar-refractivity contribution in [3.05, 3.63) is 24.4 Å². The predicted octanol–water partition coefficient (Wildman–Crippen LogP) is 0.383. The van der Waals surface area contributed by atoms with Crippen LogP contribution in [-0.4, -0.2) is 64.9 Å². The predicted molar refractivity (Wildman–Crippen MR) is 112 cm³/mol. The van der Waals surface area contributed by atoms with E-state index in [0.717, 1.165) is 38.0 Å². The third-order valence-corrected chi connectivity index (χ3v) is 4.54. The Kier molecular flexibility index (Phi) is 9.43. The Hall–Kier alpha value is -1.14. The highest BCUT2D eigenvalue weighted by Gasteiger charge is 2.20. The molecule has 10 heteroatoms. The summed E-state index contributed by atoms with van der Waals surface area (Å²) < 4.78 is 24.5. The number of piperidine rings is 1. The number of nitrogens with zero attached hydrogens (tertiary/aromatic N) is 3. The number of aliphatic imine (C=N–C) groups is 1. The molecule has 3 N–H and O–H groups in total. The number of hydrogen-bond donors (Lipinski definition) is 3. The average Bonchev–Trinajstić information content (AvgIpc) is 2.58. The molecule has 0 atom stereocenters.